The van der Waals surface area contributed by atoms with Crippen LogP contribution in [0.25, 0.3) is 0 Å². The number of ether oxygens (including phenoxy) is 1. The van der Waals surface area contributed by atoms with Crippen LogP contribution in [-0.4, -0.2) is 43.3 Å². The van der Waals surface area contributed by atoms with E-state index in [2.05, 4.69) is 5.16 Å². The van der Waals surface area contributed by atoms with E-state index in [0.717, 1.165) is 36.3 Å². The smallest absolute Gasteiger partial charge is 0.225 e. The number of rotatable bonds is 5. The fourth-order valence-electron chi connectivity index (χ4n) is 2.52. The maximum atomic E-state index is 11.9. The zero-order valence-electron chi connectivity index (χ0n) is 12.4. The minimum absolute atomic E-state index is 0.0465. The van der Waals surface area contributed by atoms with E-state index in [1.54, 1.807) is 12.0 Å². The molecular weight excluding hydrogens is 268 g/mol. The third-order valence-electron chi connectivity index (χ3n) is 3.94. The monoisotopic (exact) mass is 288 g/mol. The van der Waals surface area contributed by atoms with E-state index in [0.29, 0.717) is 6.54 Å². The molecule has 0 saturated heterocycles. The zero-order valence-corrected chi connectivity index (χ0v) is 12.4. The van der Waals surface area contributed by atoms with Gasteiger partial charge in [0.2, 0.25) is 5.91 Å². The molecule has 0 bridgehead atoms. The van der Waals surface area contributed by atoms with Crippen LogP contribution < -0.4 is 4.74 Å². The van der Waals surface area contributed by atoms with Crippen LogP contribution in [0.1, 0.15) is 24.8 Å². The Balaban J connectivity index is 1.55. The third-order valence-corrected chi connectivity index (χ3v) is 3.94. The van der Waals surface area contributed by atoms with E-state index in [-0.39, 0.29) is 17.9 Å². The number of likely N-dealkylation sites (N-methyl/N-ethyl adjacent to an activating group) is 1. The van der Waals surface area contributed by atoms with Crippen molar-refractivity contribution in [3.05, 3.63) is 29.8 Å². The van der Waals surface area contributed by atoms with Crippen LogP contribution in [0.15, 0.2) is 29.4 Å². The molecule has 1 atom stereocenters. The molecule has 0 radical (unpaired) electrons. The van der Waals surface area contributed by atoms with Gasteiger partial charge in [-0.1, -0.05) is 5.16 Å². The predicted octanol–water partition coefficient (Wildman–Crippen LogP) is 2.06. The van der Waals surface area contributed by atoms with Crippen molar-refractivity contribution in [1.29, 1.82) is 0 Å². The molecule has 21 heavy (non-hydrogen) atoms. The molecule has 0 unspecified atom stereocenters. The Morgan fingerprint density at radius 1 is 1.38 bits per heavy atom. The van der Waals surface area contributed by atoms with E-state index in [9.17, 15) is 4.79 Å². The summed E-state index contributed by atoms with van der Waals surface area (Å²) < 4.78 is 5.14. The number of amides is 1. The summed E-state index contributed by atoms with van der Waals surface area (Å²) in [5, 5.41) is 4.15. The molecule has 0 aromatic heterocycles. The maximum absolute atomic E-state index is 11.9. The number of methoxy groups -OCH3 is 1. The molecule has 1 saturated carbocycles. The van der Waals surface area contributed by atoms with Crippen molar-refractivity contribution in [1.82, 2.24) is 4.90 Å². The molecule has 1 aliphatic carbocycles. The zero-order chi connectivity index (χ0) is 14.8. The normalized spacial score (nSPS) is 20.7. The van der Waals surface area contributed by atoms with Crippen molar-refractivity contribution in [2.24, 2.45) is 11.1 Å². The molecule has 1 fully saturated rings. The number of carbonyl (C=O) groups is 1. The highest BCUT2D eigenvalue weighted by Crippen LogP contribution is 2.31. The average Bonchev–Trinajstić information content (AvgIpc) is 3.26. The van der Waals surface area contributed by atoms with Crippen LogP contribution in [0.2, 0.25) is 0 Å². The van der Waals surface area contributed by atoms with E-state index in [4.69, 9.17) is 9.57 Å². The third kappa shape index (κ3) is 3.17. The van der Waals surface area contributed by atoms with Gasteiger partial charge >= 0.3 is 0 Å². The molecule has 5 nitrogen and oxygen atoms in total. The first-order valence-electron chi connectivity index (χ1n) is 7.29. The van der Waals surface area contributed by atoms with Gasteiger partial charge in [0.05, 0.1) is 19.4 Å². The van der Waals surface area contributed by atoms with E-state index in [1.807, 2.05) is 31.3 Å². The number of benzene rings is 1. The van der Waals surface area contributed by atoms with E-state index >= 15 is 0 Å². The average molecular weight is 288 g/mol. The Kier molecular flexibility index (Phi) is 3.82. The number of nitrogens with zero attached hydrogens (tertiary/aromatic N) is 2. The molecule has 5 heteroatoms. The fourth-order valence-corrected chi connectivity index (χ4v) is 2.52. The lowest BCUT2D eigenvalue weighted by atomic mass is 10.0. The first-order valence-corrected chi connectivity index (χ1v) is 7.29. The molecule has 1 heterocycles. The van der Waals surface area contributed by atoms with Crippen LogP contribution in [0.4, 0.5) is 0 Å². The van der Waals surface area contributed by atoms with Gasteiger partial charge in [0.25, 0.3) is 0 Å². The molecule has 1 amide bonds. The second kappa shape index (κ2) is 5.76. The first-order chi connectivity index (χ1) is 10.2. The second-order valence-corrected chi connectivity index (χ2v) is 5.69. The van der Waals surface area contributed by atoms with Gasteiger partial charge in [0.1, 0.15) is 5.75 Å². The first kappa shape index (κ1) is 13.9. The van der Waals surface area contributed by atoms with Gasteiger partial charge in [0.15, 0.2) is 6.10 Å². The summed E-state index contributed by atoms with van der Waals surface area (Å²) in [5.74, 6) is 1.31. The van der Waals surface area contributed by atoms with Gasteiger partial charge in [-0.2, -0.15) is 0 Å². The highest BCUT2D eigenvalue weighted by Gasteiger charge is 2.34. The van der Waals surface area contributed by atoms with Gasteiger partial charge < -0.3 is 14.5 Å². The van der Waals surface area contributed by atoms with Crippen LogP contribution in [0, 0.1) is 5.92 Å². The lowest BCUT2D eigenvalue weighted by Crippen LogP contribution is -2.35. The Hall–Kier alpha value is -2.04. The Morgan fingerprint density at radius 2 is 2.10 bits per heavy atom. The number of oxime groups is 1. The maximum Gasteiger partial charge on any atom is 0.225 e. The van der Waals surface area contributed by atoms with Gasteiger partial charge in [-0.05, 0) is 42.7 Å². The van der Waals surface area contributed by atoms with Crippen molar-refractivity contribution in [2.45, 2.75) is 25.4 Å². The SMILES string of the molecule is COc1ccc(C2=NO[C@H](CN(C)C(=O)C3CC3)C2)cc1. The second-order valence-electron chi connectivity index (χ2n) is 5.69. The van der Waals surface area contributed by atoms with Crippen molar-refractivity contribution < 1.29 is 14.4 Å². The highest BCUT2D eigenvalue weighted by molar-refractivity contribution is 6.01. The van der Waals surface area contributed by atoms with Gasteiger partial charge in [-0.15, -0.1) is 0 Å². The summed E-state index contributed by atoms with van der Waals surface area (Å²) in [6, 6.07) is 7.77. The van der Waals surface area contributed by atoms with Gasteiger partial charge in [0, 0.05) is 19.4 Å². The van der Waals surface area contributed by atoms with Crippen molar-refractivity contribution in [3.63, 3.8) is 0 Å². The predicted molar refractivity (Wildman–Crippen MR) is 79.4 cm³/mol. The summed E-state index contributed by atoms with van der Waals surface area (Å²) in [5.41, 5.74) is 1.96. The van der Waals surface area contributed by atoms with Crippen LogP contribution in [-0.2, 0) is 9.63 Å². The molecule has 112 valence electrons. The minimum atomic E-state index is -0.0465. The topological polar surface area (TPSA) is 51.1 Å². The van der Waals surface area contributed by atoms with E-state index in [1.165, 1.54) is 0 Å². The van der Waals surface area contributed by atoms with E-state index < -0.39 is 0 Å². The quantitative estimate of drug-likeness (QED) is 0.833. The summed E-state index contributed by atoms with van der Waals surface area (Å²) >= 11 is 0. The standard InChI is InChI=1S/C16H20N2O3/c1-18(16(19)12-3-4-12)10-14-9-15(17-21-14)11-5-7-13(20-2)8-6-11/h5-8,12,14H,3-4,9-10H2,1-2H3/t14-/m0/s1. The lowest BCUT2D eigenvalue weighted by molar-refractivity contribution is -0.132. The number of carbonyl (C=O) groups excluding carboxylic acids is 1. The summed E-state index contributed by atoms with van der Waals surface area (Å²) in [4.78, 5) is 19.2. The van der Waals surface area contributed by atoms with Gasteiger partial charge in [-0.3, -0.25) is 4.79 Å². The molecule has 1 aliphatic heterocycles. The lowest BCUT2D eigenvalue weighted by Gasteiger charge is -2.19. The van der Waals surface area contributed by atoms with Crippen LogP contribution in [0.3, 0.4) is 0 Å². The van der Waals surface area contributed by atoms with Crippen molar-refractivity contribution in [3.8, 4) is 5.75 Å². The van der Waals surface area contributed by atoms with Crippen molar-refractivity contribution in [2.75, 3.05) is 20.7 Å². The Bertz CT molecular complexity index is 549. The summed E-state index contributed by atoms with van der Waals surface area (Å²) in [6.45, 7) is 0.596. The molecule has 2 aliphatic rings. The Labute approximate surface area is 124 Å². The van der Waals surface area contributed by atoms with Crippen molar-refractivity contribution >= 4 is 11.6 Å². The summed E-state index contributed by atoms with van der Waals surface area (Å²) in [7, 11) is 3.49. The molecule has 1 aromatic carbocycles. The molecule has 1 aromatic rings. The van der Waals surface area contributed by atoms with Crippen LogP contribution >= 0.6 is 0 Å². The van der Waals surface area contributed by atoms with Gasteiger partial charge in [-0.25, -0.2) is 0 Å². The molecule has 0 N–H and O–H groups in total. The fraction of sp³-hybridized carbons (Fsp3) is 0.500. The largest absolute Gasteiger partial charge is 0.497 e. The number of hydrogen-bond donors (Lipinski definition) is 0. The van der Waals surface area contributed by atoms with Crippen LogP contribution in [0.5, 0.6) is 5.75 Å². The molecule has 3 rings (SSSR count). The minimum Gasteiger partial charge on any atom is -0.497 e. The molecule has 0 spiro atoms. The summed E-state index contributed by atoms with van der Waals surface area (Å²) in [6.07, 6.45) is 2.74. The number of hydrogen-bond acceptors (Lipinski definition) is 4. The molecular formula is C16H20N2O3. The highest BCUT2D eigenvalue weighted by atomic mass is 16.6. The Morgan fingerprint density at radius 3 is 2.71 bits per heavy atom.